The Labute approximate surface area is 161 Å². The summed E-state index contributed by atoms with van der Waals surface area (Å²) in [7, 11) is 0. The van der Waals surface area contributed by atoms with Crippen LogP contribution in [0.25, 0.3) is 22.2 Å². The van der Waals surface area contributed by atoms with E-state index < -0.39 is 6.10 Å². The van der Waals surface area contributed by atoms with Crippen molar-refractivity contribution in [2.45, 2.75) is 19.6 Å². The second kappa shape index (κ2) is 8.24. The van der Waals surface area contributed by atoms with Crippen LogP contribution in [0.4, 0.5) is 5.82 Å². The van der Waals surface area contributed by atoms with Crippen LogP contribution in [0.5, 0.6) is 0 Å². The Morgan fingerprint density at radius 2 is 2.18 bits per heavy atom. The standard InChI is InChI=1S/C19H21N7O2/c1-2-28-12-15(27)9-21-17-10-22-18-19(23-17)26(25-24-18)11-13-5-6-16-14(8-13)4-3-7-20-16/h3-8,10,15,27H,2,9,11-12H2,1H3,(H,21,23). The summed E-state index contributed by atoms with van der Waals surface area (Å²) < 4.78 is 6.91. The third kappa shape index (κ3) is 4.05. The molecule has 0 fully saturated rings. The van der Waals surface area contributed by atoms with Gasteiger partial charge in [0.05, 0.1) is 31.0 Å². The number of rotatable bonds is 8. The average Bonchev–Trinajstić information content (AvgIpc) is 3.12. The van der Waals surface area contributed by atoms with Crippen molar-refractivity contribution in [3.05, 3.63) is 48.3 Å². The Bertz CT molecular complexity index is 1080. The number of pyridine rings is 1. The fraction of sp³-hybridized carbons (Fsp3) is 0.316. The summed E-state index contributed by atoms with van der Waals surface area (Å²) in [5, 5.41) is 22.3. The van der Waals surface area contributed by atoms with Gasteiger partial charge >= 0.3 is 0 Å². The Kier molecular flexibility index (Phi) is 5.36. The molecule has 4 rings (SSSR count). The summed E-state index contributed by atoms with van der Waals surface area (Å²) in [6.45, 7) is 3.57. The van der Waals surface area contributed by atoms with Gasteiger partial charge in [0.25, 0.3) is 0 Å². The zero-order valence-corrected chi connectivity index (χ0v) is 15.5. The maximum absolute atomic E-state index is 9.88. The van der Waals surface area contributed by atoms with E-state index in [0.29, 0.717) is 36.8 Å². The van der Waals surface area contributed by atoms with Crippen LogP contribution in [0.3, 0.4) is 0 Å². The number of aliphatic hydroxyl groups excluding tert-OH is 1. The Morgan fingerprint density at radius 3 is 3.07 bits per heavy atom. The number of aliphatic hydroxyl groups is 1. The second-order valence-corrected chi connectivity index (χ2v) is 6.37. The highest BCUT2D eigenvalue weighted by Crippen LogP contribution is 2.16. The maximum Gasteiger partial charge on any atom is 0.221 e. The molecule has 2 N–H and O–H groups in total. The van der Waals surface area contributed by atoms with Crippen LogP contribution in [0.1, 0.15) is 12.5 Å². The molecule has 0 bridgehead atoms. The van der Waals surface area contributed by atoms with Gasteiger partial charge in [-0.05, 0) is 30.7 Å². The Balaban J connectivity index is 1.52. The zero-order valence-electron chi connectivity index (χ0n) is 15.5. The molecule has 9 nitrogen and oxygen atoms in total. The topological polar surface area (TPSA) is 111 Å². The number of aromatic nitrogens is 6. The first-order valence-electron chi connectivity index (χ1n) is 9.12. The van der Waals surface area contributed by atoms with Gasteiger partial charge in [0, 0.05) is 24.7 Å². The van der Waals surface area contributed by atoms with E-state index in [2.05, 4.69) is 36.6 Å². The van der Waals surface area contributed by atoms with E-state index in [0.717, 1.165) is 16.5 Å². The molecule has 0 aliphatic rings. The molecule has 144 valence electrons. The van der Waals surface area contributed by atoms with E-state index in [1.165, 1.54) is 0 Å². The first-order valence-corrected chi connectivity index (χ1v) is 9.12. The number of hydrogen-bond donors (Lipinski definition) is 2. The van der Waals surface area contributed by atoms with Crippen LogP contribution < -0.4 is 5.32 Å². The molecule has 1 unspecified atom stereocenters. The molecule has 0 aliphatic carbocycles. The van der Waals surface area contributed by atoms with Crippen molar-refractivity contribution in [3.63, 3.8) is 0 Å². The molecule has 0 radical (unpaired) electrons. The minimum atomic E-state index is -0.619. The van der Waals surface area contributed by atoms with Gasteiger partial charge in [0.2, 0.25) is 5.65 Å². The first kappa shape index (κ1) is 18.2. The summed E-state index contributed by atoms with van der Waals surface area (Å²) in [5.74, 6) is 0.550. The number of fused-ring (bicyclic) bond motifs is 2. The molecule has 9 heteroatoms. The predicted octanol–water partition coefficient (Wildman–Crippen LogP) is 1.63. The van der Waals surface area contributed by atoms with Crippen molar-refractivity contribution in [2.75, 3.05) is 25.1 Å². The third-order valence-corrected chi connectivity index (χ3v) is 4.26. The smallest absolute Gasteiger partial charge is 0.221 e. The lowest BCUT2D eigenvalue weighted by molar-refractivity contribution is 0.0495. The van der Waals surface area contributed by atoms with Gasteiger partial charge in [0.15, 0.2) is 5.65 Å². The van der Waals surface area contributed by atoms with Crippen molar-refractivity contribution in [1.82, 2.24) is 29.9 Å². The summed E-state index contributed by atoms with van der Waals surface area (Å²) in [4.78, 5) is 13.2. The molecule has 0 aliphatic heterocycles. The molecule has 1 aromatic carbocycles. The van der Waals surface area contributed by atoms with Gasteiger partial charge in [0.1, 0.15) is 5.82 Å². The molecule has 0 saturated carbocycles. The summed E-state index contributed by atoms with van der Waals surface area (Å²) in [6, 6.07) is 10.0. The molecule has 4 aromatic rings. The Morgan fingerprint density at radius 1 is 1.25 bits per heavy atom. The minimum absolute atomic E-state index is 0.273. The number of hydrogen-bond acceptors (Lipinski definition) is 8. The molecular weight excluding hydrogens is 358 g/mol. The lowest BCUT2D eigenvalue weighted by Gasteiger charge is -2.11. The summed E-state index contributed by atoms with van der Waals surface area (Å²) in [6.07, 6.45) is 2.74. The van der Waals surface area contributed by atoms with E-state index in [1.807, 2.05) is 31.2 Å². The second-order valence-electron chi connectivity index (χ2n) is 6.37. The van der Waals surface area contributed by atoms with E-state index in [9.17, 15) is 5.11 Å². The lowest BCUT2D eigenvalue weighted by Crippen LogP contribution is -2.25. The molecule has 28 heavy (non-hydrogen) atoms. The third-order valence-electron chi connectivity index (χ3n) is 4.26. The average molecular weight is 379 g/mol. The summed E-state index contributed by atoms with van der Waals surface area (Å²) in [5.41, 5.74) is 3.07. The summed E-state index contributed by atoms with van der Waals surface area (Å²) >= 11 is 0. The lowest BCUT2D eigenvalue weighted by atomic mass is 10.1. The van der Waals surface area contributed by atoms with Crippen LogP contribution in [0.2, 0.25) is 0 Å². The molecule has 0 saturated heterocycles. The number of anilines is 1. The van der Waals surface area contributed by atoms with Gasteiger partial charge < -0.3 is 15.2 Å². The number of nitrogens with one attached hydrogen (secondary N) is 1. The highest BCUT2D eigenvalue weighted by atomic mass is 16.5. The normalized spacial score (nSPS) is 12.5. The van der Waals surface area contributed by atoms with E-state index in [1.54, 1.807) is 17.1 Å². The van der Waals surface area contributed by atoms with Gasteiger partial charge in [-0.1, -0.05) is 17.3 Å². The van der Waals surface area contributed by atoms with Crippen LogP contribution in [0.15, 0.2) is 42.7 Å². The zero-order chi connectivity index (χ0) is 19.3. The SMILES string of the molecule is CCOCC(O)CNc1cnc2nnn(Cc3ccc4ncccc4c3)c2n1. The first-order chi connectivity index (χ1) is 13.7. The number of ether oxygens (including phenoxy) is 1. The molecule has 3 heterocycles. The fourth-order valence-electron chi connectivity index (χ4n) is 2.88. The van der Waals surface area contributed by atoms with Crippen molar-refractivity contribution in [3.8, 4) is 0 Å². The van der Waals surface area contributed by atoms with Crippen LogP contribution in [0, 0.1) is 0 Å². The molecular formula is C19H21N7O2. The van der Waals surface area contributed by atoms with Gasteiger partial charge in [-0.2, -0.15) is 0 Å². The van der Waals surface area contributed by atoms with E-state index in [-0.39, 0.29) is 6.61 Å². The highest BCUT2D eigenvalue weighted by Gasteiger charge is 2.11. The minimum Gasteiger partial charge on any atom is -0.389 e. The largest absolute Gasteiger partial charge is 0.389 e. The van der Waals surface area contributed by atoms with Crippen LogP contribution >= 0.6 is 0 Å². The van der Waals surface area contributed by atoms with Crippen molar-refractivity contribution >= 4 is 28.0 Å². The monoisotopic (exact) mass is 379 g/mol. The Hall–Kier alpha value is -3.17. The molecule has 0 spiro atoms. The van der Waals surface area contributed by atoms with E-state index >= 15 is 0 Å². The molecule has 0 amide bonds. The van der Waals surface area contributed by atoms with Crippen molar-refractivity contribution in [1.29, 1.82) is 0 Å². The van der Waals surface area contributed by atoms with Gasteiger partial charge in [-0.25, -0.2) is 14.6 Å². The van der Waals surface area contributed by atoms with Gasteiger partial charge in [-0.3, -0.25) is 4.98 Å². The van der Waals surface area contributed by atoms with Crippen molar-refractivity contribution < 1.29 is 9.84 Å². The fourth-order valence-corrected chi connectivity index (χ4v) is 2.88. The molecule has 1 atom stereocenters. The number of benzene rings is 1. The predicted molar refractivity (Wildman–Crippen MR) is 105 cm³/mol. The quantitative estimate of drug-likeness (QED) is 0.475. The number of nitrogens with zero attached hydrogens (tertiary/aromatic N) is 6. The van der Waals surface area contributed by atoms with E-state index in [4.69, 9.17) is 4.74 Å². The van der Waals surface area contributed by atoms with Crippen LogP contribution in [-0.4, -0.2) is 60.9 Å². The molecule has 3 aromatic heterocycles. The van der Waals surface area contributed by atoms with Crippen LogP contribution in [-0.2, 0) is 11.3 Å². The van der Waals surface area contributed by atoms with Gasteiger partial charge in [-0.15, -0.1) is 5.10 Å². The van der Waals surface area contributed by atoms with Crippen molar-refractivity contribution in [2.24, 2.45) is 0 Å². The highest BCUT2D eigenvalue weighted by molar-refractivity contribution is 5.79. The maximum atomic E-state index is 9.88.